The van der Waals surface area contributed by atoms with Crippen molar-refractivity contribution < 1.29 is 0 Å². The minimum absolute atomic E-state index is 0.837. The van der Waals surface area contributed by atoms with Crippen LogP contribution in [-0.4, -0.2) is 0 Å². The van der Waals surface area contributed by atoms with E-state index in [1.54, 1.807) is 0 Å². The number of benzene rings is 1. The summed E-state index contributed by atoms with van der Waals surface area (Å²) in [6.45, 7) is 6.82. The Labute approximate surface area is 94.7 Å². The van der Waals surface area contributed by atoms with E-state index >= 15 is 0 Å². The van der Waals surface area contributed by atoms with Crippen molar-refractivity contribution in [3.8, 4) is 0 Å². The van der Waals surface area contributed by atoms with Crippen LogP contribution in [0.3, 0.4) is 0 Å². The van der Waals surface area contributed by atoms with Crippen LogP contribution in [0.25, 0.3) is 0 Å². The Morgan fingerprint density at radius 2 is 1.47 bits per heavy atom. The summed E-state index contributed by atoms with van der Waals surface area (Å²) in [6.07, 6.45) is 6.37. The molecule has 0 aliphatic heterocycles. The zero-order valence-corrected chi connectivity index (χ0v) is 10.4. The van der Waals surface area contributed by atoms with Crippen LogP contribution in [0, 0.1) is 5.92 Å². The highest BCUT2D eigenvalue weighted by Gasteiger charge is 1.97. The molecule has 0 heterocycles. The molecule has 0 aliphatic rings. The Kier molecular flexibility index (Phi) is 5.45. The van der Waals surface area contributed by atoms with Gasteiger partial charge in [-0.25, -0.2) is 0 Å². The van der Waals surface area contributed by atoms with Gasteiger partial charge >= 0.3 is 0 Å². The van der Waals surface area contributed by atoms with Crippen molar-refractivity contribution in [3.63, 3.8) is 0 Å². The van der Waals surface area contributed by atoms with Crippen LogP contribution in [0.5, 0.6) is 0 Å². The maximum atomic E-state index is 2.30. The van der Waals surface area contributed by atoms with Crippen molar-refractivity contribution in [1.82, 2.24) is 0 Å². The van der Waals surface area contributed by atoms with E-state index in [9.17, 15) is 0 Å². The fourth-order valence-corrected chi connectivity index (χ4v) is 1.88. The van der Waals surface area contributed by atoms with Gasteiger partial charge < -0.3 is 0 Å². The van der Waals surface area contributed by atoms with E-state index in [0.717, 1.165) is 5.92 Å². The molecule has 0 saturated carbocycles. The molecule has 0 aromatic heterocycles. The van der Waals surface area contributed by atoms with Crippen molar-refractivity contribution in [3.05, 3.63) is 35.4 Å². The van der Waals surface area contributed by atoms with Crippen LogP contribution in [0.2, 0.25) is 0 Å². The van der Waals surface area contributed by atoms with Crippen molar-refractivity contribution in [2.24, 2.45) is 5.92 Å². The summed E-state index contributed by atoms with van der Waals surface area (Å²) in [5.41, 5.74) is 2.97. The number of hydrogen-bond acceptors (Lipinski definition) is 0. The van der Waals surface area contributed by atoms with Gasteiger partial charge in [-0.3, -0.25) is 0 Å². The highest BCUT2D eigenvalue weighted by molar-refractivity contribution is 5.22. The molecule has 15 heavy (non-hydrogen) atoms. The topological polar surface area (TPSA) is 0 Å². The molecule has 1 aromatic carbocycles. The van der Waals surface area contributed by atoms with Gasteiger partial charge in [0.15, 0.2) is 0 Å². The molecule has 0 nitrogen and oxygen atoms in total. The average Bonchev–Trinajstić information content (AvgIpc) is 2.20. The van der Waals surface area contributed by atoms with Gasteiger partial charge in [-0.1, -0.05) is 57.9 Å². The summed E-state index contributed by atoms with van der Waals surface area (Å²) in [5, 5.41) is 0. The monoisotopic (exact) mass is 204 g/mol. The van der Waals surface area contributed by atoms with Crippen molar-refractivity contribution in [1.29, 1.82) is 0 Å². The molecular weight excluding hydrogens is 180 g/mol. The van der Waals surface area contributed by atoms with Gasteiger partial charge in [0.25, 0.3) is 0 Å². The zero-order valence-electron chi connectivity index (χ0n) is 10.4. The first-order chi connectivity index (χ1) is 7.22. The molecule has 0 spiro atoms. The maximum Gasteiger partial charge on any atom is -0.0279 e. The lowest BCUT2D eigenvalue weighted by Crippen LogP contribution is -1.91. The van der Waals surface area contributed by atoms with Crippen molar-refractivity contribution in [2.75, 3.05) is 0 Å². The summed E-state index contributed by atoms with van der Waals surface area (Å²) in [6, 6.07) is 9.17. The molecule has 0 fully saturated rings. The molecule has 0 amide bonds. The third kappa shape index (κ3) is 5.01. The quantitative estimate of drug-likeness (QED) is 0.634. The second-order valence-electron chi connectivity index (χ2n) is 4.85. The van der Waals surface area contributed by atoms with E-state index in [1.165, 1.54) is 43.2 Å². The third-order valence-corrected chi connectivity index (χ3v) is 2.81. The SMILES string of the molecule is CCCc1ccc(CCCC(C)C)cc1. The van der Waals surface area contributed by atoms with E-state index in [2.05, 4.69) is 45.0 Å². The van der Waals surface area contributed by atoms with Gasteiger partial charge in [0.1, 0.15) is 0 Å². The molecule has 0 N–H and O–H groups in total. The number of hydrogen-bond donors (Lipinski definition) is 0. The Morgan fingerprint density at radius 3 is 1.93 bits per heavy atom. The smallest absolute Gasteiger partial charge is 0.0279 e. The van der Waals surface area contributed by atoms with Crippen LogP contribution in [0.1, 0.15) is 51.2 Å². The largest absolute Gasteiger partial charge is 0.0651 e. The van der Waals surface area contributed by atoms with E-state index < -0.39 is 0 Å². The molecule has 0 radical (unpaired) electrons. The van der Waals surface area contributed by atoms with Crippen molar-refractivity contribution >= 4 is 0 Å². The first-order valence-electron chi connectivity index (χ1n) is 6.30. The van der Waals surface area contributed by atoms with Crippen LogP contribution in [0.4, 0.5) is 0 Å². The molecule has 0 heteroatoms. The normalized spacial score (nSPS) is 10.9. The molecular formula is C15H24. The molecule has 0 bridgehead atoms. The lowest BCUT2D eigenvalue weighted by molar-refractivity contribution is 0.556. The van der Waals surface area contributed by atoms with Crippen LogP contribution < -0.4 is 0 Å². The van der Waals surface area contributed by atoms with Gasteiger partial charge in [0.2, 0.25) is 0 Å². The van der Waals surface area contributed by atoms with Crippen LogP contribution >= 0.6 is 0 Å². The molecule has 1 aromatic rings. The summed E-state index contributed by atoms with van der Waals surface area (Å²) in [5.74, 6) is 0.837. The Morgan fingerprint density at radius 1 is 0.933 bits per heavy atom. The minimum atomic E-state index is 0.837. The molecule has 0 unspecified atom stereocenters. The number of aryl methyl sites for hydroxylation is 2. The first-order valence-corrected chi connectivity index (χ1v) is 6.30. The molecule has 0 aliphatic carbocycles. The second-order valence-corrected chi connectivity index (χ2v) is 4.85. The molecule has 84 valence electrons. The lowest BCUT2D eigenvalue weighted by atomic mass is 10.0. The van der Waals surface area contributed by atoms with Gasteiger partial charge in [-0.05, 0) is 36.3 Å². The predicted octanol–water partition coefficient (Wildman–Crippen LogP) is 4.62. The maximum absolute atomic E-state index is 2.30. The van der Waals surface area contributed by atoms with Gasteiger partial charge in [-0.2, -0.15) is 0 Å². The van der Waals surface area contributed by atoms with E-state index in [1.807, 2.05) is 0 Å². The Balaban J connectivity index is 2.36. The predicted molar refractivity (Wildman–Crippen MR) is 68.2 cm³/mol. The van der Waals surface area contributed by atoms with Crippen LogP contribution in [0.15, 0.2) is 24.3 Å². The minimum Gasteiger partial charge on any atom is -0.0651 e. The summed E-state index contributed by atoms with van der Waals surface area (Å²) < 4.78 is 0. The van der Waals surface area contributed by atoms with Gasteiger partial charge in [-0.15, -0.1) is 0 Å². The average molecular weight is 204 g/mol. The van der Waals surface area contributed by atoms with Gasteiger partial charge in [0, 0.05) is 0 Å². The fraction of sp³-hybridized carbons (Fsp3) is 0.600. The van der Waals surface area contributed by atoms with Crippen LogP contribution in [-0.2, 0) is 12.8 Å². The van der Waals surface area contributed by atoms with E-state index in [4.69, 9.17) is 0 Å². The number of rotatable bonds is 6. The van der Waals surface area contributed by atoms with E-state index in [-0.39, 0.29) is 0 Å². The second kappa shape index (κ2) is 6.66. The highest BCUT2D eigenvalue weighted by Crippen LogP contribution is 2.11. The molecule has 1 rings (SSSR count). The molecule has 0 saturated heterocycles. The zero-order chi connectivity index (χ0) is 11.1. The fourth-order valence-electron chi connectivity index (χ4n) is 1.88. The van der Waals surface area contributed by atoms with E-state index in [0.29, 0.717) is 0 Å². The van der Waals surface area contributed by atoms with Crippen molar-refractivity contribution in [2.45, 2.75) is 52.9 Å². The summed E-state index contributed by atoms with van der Waals surface area (Å²) in [7, 11) is 0. The lowest BCUT2D eigenvalue weighted by Gasteiger charge is -2.05. The highest BCUT2D eigenvalue weighted by atomic mass is 14.0. The Hall–Kier alpha value is -0.780. The summed E-state index contributed by atoms with van der Waals surface area (Å²) in [4.78, 5) is 0. The Bertz CT molecular complexity index is 256. The first kappa shape index (κ1) is 12.3. The summed E-state index contributed by atoms with van der Waals surface area (Å²) >= 11 is 0. The molecule has 0 atom stereocenters. The third-order valence-electron chi connectivity index (χ3n) is 2.81. The standard InChI is InChI=1S/C15H24/c1-4-6-14-9-11-15(12-10-14)8-5-7-13(2)3/h9-13H,4-8H2,1-3H3. The van der Waals surface area contributed by atoms with Gasteiger partial charge in [0.05, 0.1) is 0 Å².